The summed E-state index contributed by atoms with van der Waals surface area (Å²) in [5.41, 5.74) is 1.06. The first-order valence-electron chi connectivity index (χ1n) is 8.22. The maximum Gasteiger partial charge on any atom is 0.179 e. The van der Waals surface area contributed by atoms with Crippen molar-refractivity contribution in [1.82, 2.24) is 4.90 Å². The van der Waals surface area contributed by atoms with E-state index < -0.39 is 15.6 Å². The van der Waals surface area contributed by atoms with E-state index in [0.29, 0.717) is 18.1 Å². The molecule has 2 aliphatic rings. The quantitative estimate of drug-likeness (QED) is 0.840. The summed E-state index contributed by atoms with van der Waals surface area (Å²) in [6.07, 6.45) is 1.61. The van der Waals surface area contributed by atoms with E-state index in [1.807, 2.05) is 26.0 Å². The van der Waals surface area contributed by atoms with Crippen LogP contribution in [0.4, 0.5) is 0 Å². The Morgan fingerprint density at radius 2 is 1.70 bits per heavy atom. The molecule has 0 unspecified atom stereocenters. The second kappa shape index (κ2) is 6.51. The fraction of sp³-hybridized carbons (Fsp3) is 0.647. The van der Waals surface area contributed by atoms with Crippen molar-refractivity contribution < 1.29 is 17.9 Å². The van der Waals surface area contributed by atoms with Crippen LogP contribution in [0.3, 0.4) is 0 Å². The van der Waals surface area contributed by atoms with E-state index in [1.54, 1.807) is 12.1 Å². The summed E-state index contributed by atoms with van der Waals surface area (Å²) in [5, 5.41) is 0. The molecule has 0 amide bonds. The lowest BCUT2D eigenvalue weighted by molar-refractivity contribution is -0.187. The summed E-state index contributed by atoms with van der Waals surface area (Å²) < 4.78 is 36.6. The fourth-order valence-electron chi connectivity index (χ4n) is 3.36. The Hall–Kier alpha value is -0.950. The van der Waals surface area contributed by atoms with Gasteiger partial charge in [-0.1, -0.05) is 17.7 Å². The molecule has 2 fully saturated rings. The van der Waals surface area contributed by atoms with Crippen LogP contribution in [-0.2, 0) is 19.3 Å². The van der Waals surface area contributed by atoms with Gasteiger partial charge in [0.15, 0.2) is 15.6 Å². The predicted octanol–water partition coefficient (Wildman–Crippen LogP) is 2.00. The Balaban J connectivity index is 1.60. The monoisotopic (exact) mass is 339 g/mol. The summed E-state index contributed by atoms with van der Waals surface area (Å²) >= 11 is 0. The van der Waals surface area contributed by atoms with Crippen LogP contribution < -0.4 is 0 Å². The summed E-state index contributed by atoms with van der Waals surface area (Å²) in [5.74, 6) is -0.267. The number of likely N-dealkylation sites (tertiary alicyclic amines) is 1. The van der Waals surface area contributed by atoms with Gasteiger partial charge in [0.2, 0.25) is 0 Å². The summed E-state index contributed by atoms with van der Waals surface area (Å²) in [4.78, 5) is 2.63. The highest BCUT2D eigenvalue weighted by Gasteiger charge is 2.40. The first-order chi connectivity index (χ1) is 10.9. The molecular formula is C17H25NO4S. The van der Waals surface area contributed by atoms with Crippen LogP contribution in [0, 0.1) is 6.92 Å². The first kappa shape index (κ1) is 16.9. The number of rotatable bonds is 4. The van der Waals surface area contributed by atoms with Crippen molar-refractivity contribution in [3.63, 3.8) is 0 Å². The molecule has 0 aromatic heterocycles. The average molecular weight is 339 g/mol. The van der Waals surface area contributed by atoms with Crippen molar-refractivity contribution in [2.24, 2.45) is 0 Å². The standard InChI is InChI=1S/C17H25NO4S/c1-14-3-5-16(6-4-14)23(19,20)13-15(2)18-9-7-17(8-10-18)21-11-12-22-17/h3-6,15H,7-13H2,1-2H3/t15-/m1/s1. The average Bonchev–Trinajstić information content (AvgIpc) is 2.96. The second-order valence-corrected chi connectivity index (χ2v) is 8.62. The highest BCUT2D eigenvalue weighted by atomic mass is 32.2. The lowest BCUT2D eigenvalue weighted by Gasteiger charge is -2.40. The van der Waals surface area contributed by atoms with Gasteiger partial charge in [0.25, 0.3) is 0 Å². The van der Waals surface area contributed by atoms with E-state index in [1.165, 1.54) is 0 Å². The maximum atomic E-state index is 12.6. The van der Waals surface area contributed by atoms with Gasteiger partial charge in [-0.05, 0) is 26.0 Å². The molecule has 0 saturated carbocycles. The third-order valence-electron chi connectivity index (χ3n) is 4.84. The molecule has 1 aromatic carbocycles. The molecule has 2 heterocycles. The number of ether oxygens (including phenoxy) is 2. The SMILES string of the molecule is Cc1ccc(S(=O)(=O)C[C@@H](C)N2CCC3(CC2)OCCO3)cc1. The Labute approximate surface area is 138 Å². The lowest BCUT2D eigenvalue weighted by Crippen LogP contribution is -2.49. The van der Waals surface area contributed by atoms with Crippen molar-refractivity contribution in [3.8, 4) is 0 Å². The summed E-state index contributed by atoms with van der Waals surface area (Å²) in [6, 6.07) is 7.07. The predicted molar refractivity (Wildman–Crippen MR) is 88.1 cm³/mol. The third kappa shape index (κ3) is 3.76. The van der Waals surface area contributed by atoms with Crippen molar-refractivity contribution in [3.05, 3.63) is 29.8 Å². The van der Waals surface area contributed by atoms with Crippen molar-refractivity contribution in [2.75, 3.05) is 32.1 Å². The molecule has 1 atom stereocenters. The Morgan fingerprint density at radius 1 is 1.13 bits per heavy atom. The normalized spacial score (nSPS) is 23.2. The van der Waals surface area contributed by atoms with Gasteiger partial charge < -0.3 is 9.47 Å². The molecule has 0 N–H and O–H groups in total. The molecule has 1 aromatic rings. The van der Waals surface area contributed by atoms with E-state index in [2.05, 4.69) is 4.90 Å². The zero-order valence-electron chi connectivity index (χ0n) is 13.8. The summed E-state index contributed by atoms with van der Waals surface area (Å²) in [7, 11) is -3.26. The van der Waals surface area contributed by atoms with E-state index in [0.717, 1.165) is 31.5 Å². The molecule has 0 bridgehead atoms. The Kier molecular flexibility index (Phi) is 4.78. The molecule has 128 valence electrons. The lowest BCUT2D eigenvalue weighted by atomic mass is 10.0. The maximum absolute atomic E-state index is 12.6. The molecule has 23 heavy (non-hydrogen) atoms. The molecule has 2 saturated heterocycles. The van der Waals surface area contributed by atoms with Crippen LogP contribution in [-0.4, -0.2) is 57.2 Å². The molecular weight excluding hydrogens is 314 g/mol. The van der Waals surface area contributed by atoms with Gasteiger partial charge in [-0.25, -0.2) is 8.42 Å². The number of hydrogen-bond donors (Lipinski definition) is 0. The second-order valence-electron chi connectivity index (χ2n) is 6.59. The van der Waals surface area contributed by atoms with Crippen LogP contribution >= 0.6 is 0 Å². The van der Waals surface area contributed by atoms with E-state index in [-0.39, 0.29) is 11.8 Å². The third-order valence-corrected chi connectivity index (χ3v) is 6.75. The summed E-state index contributed by atoms with van der Waals surface area (Å²) in [6.45, 7) is 6.89. The molecule has 3 rings (SSSR count). The number of benzene rings is 1. The van der Waals surface area contributed by atoms with Crippen molar-refractivity contribution >= 4 is 9.84 Å². The highest BCUT2D eigenvalue weighted by Crippen LogP contribution is 2.32. The smallest absolute Gasteiger partial charge is 0.179 e. The van der Waals surface area contributed by atoms with Gasteiger partial charge in [0.05, 0.1) is 23.9 Å². The Morgan fingerprint density at radius 3 is 2.26 bits per heavy atom. The Bertz CT molecular complexity index is 625. The zero-order valence-corrected chi connectivity index (χ0v) is 14.6. The zero-order chi connectivity index (χ0) is 16.5. The van der Waals surface area contributed by atoms with Gasteiger partial charge in [-0.3, -0.25) is 4.90 Å². The fourth-order valence-corrected chi connectivity index (χ4v) is 4.95. The van der Waals surface area contributed by atoms with Crippen LogP contribution in [0.15, 0.2) is 29.2 Å². The van der Waals surface area contributed by atoms with Crippen molar-refractivity contribution in [1.29, 1.82) is 0 Å². The minimum atomic E-state index is -3.26. The van der Waals surface area contributed by atoms with Gasteiger partial charge in [-0.2, -0.15) is 0 Å². The van der Waals surface area contributed by atoms with Gasteiger partial charge >= 0.3 is 0 Å². The molecule has 0 radical (unpaired) electrons. The molecule has 2 aliphatic heterocycles. The van der Waals surface area contributed by atoms with E-state index in [9.17, 15) is 8.42 Å². The number of hydrogen-bond acceptors (Lipinski definition) is 5. The van der Waals surface area contributed by atoms with Gasteiger partial charge in [-0.15, -0.1) is 0 Å². The molecule has 1 spiro atoms. The van der Waals surface area contributed by atoms with Crippen LogP contribution in [0.25, 0.3) is 0 Å². The van der Waals surface area contributed by atoms with Crippen LogP contribution in [0.5, 0.6) is 0 Å². The minimum Gasteiger partial charge on any atom is -0.347 e. The van der Waals surface area contributed by atoms with Gasteiger partial charge in [0, 0.05) is 32.0 Å². The van der Waals surface area contributed by atoms with Crippen molar-refractivity contribution in [2.45, 2.75) is 43.4 Å². The van der Waals surface area contributed by atoms with Gasteiger partial charge in [0.1, 0.15) is 0 Å². The minimum absolute atomic E-state index is 0.0138. The van der Waals surface area contributed by atoms with Crippen LogP contribution in [0.1, 0.15) is 25.3 Å². The molecule has 5 nitrogen and oxygen atoms in total. The number of piperidine rings is 1. The van der Waals surface area contributed by atoms with E-state index >= 15 is 0 Å². The molecule has 0 aliphatic carbocycles. The topological polar surface area (TPSA) is 55.8 Å². The number of nitrogens with zero attached hydrogens (tertiary/aromatic N) is 1. The van der Waals surface area contributed by atoms with Crippen LogP contribution in [0.2, 0.25) is 0 Å². The molecule has 6 heteroatoms. The largest absolute Gasteiger partial charge is 0.347 e. The number of sulfone groups is 1. The number of aryl methyl sites for hydroxylation is 1. The highest BCUT2D eigenvalue weighted by molar-refractivity contribution is 7.91. The first-order valence-corrected chi connectivity index (χ1v) is 9.87. The van der Waals surface area contributed by atoms with E-state index in [4.69, 9.17) is 9.47 Å².